The Morgan fingerprint density at radius 2 is 1.44 bits per heavy atom. The molecule has 0 aliphatic heterocycles. The Labute approximate surface area is 153 Å². The molecule has 0 atom stereocenters. The minimum Gasteiger partial charge on any atom is -0.388 e. The van der Waals surface area contributed by atoms with Gasteiger partial charge in [-0.15, -0.1) is 0 Å². The predicted octanol–water partition coefficient (Wildman–Crippen LogP) is 4.29. The average Bonchev–Trinajstić information content (AvgIpc) is 2.65. The zero-order valence-electron chi connectivity index (χ0n) is 15.7. The molecule has 3 heteroatoms. The zero-order valence-corrected chi connectivity index (χ0v) is 16.7. The van der Waals surface area contributed by atoms with E-state index in [4.69, 9.17) is 8.85 Å². The van der Waals surface area contributed by atoms with Crippen molar-refractivity contribution in [3.05, 3.63) is 72.8 Å². The first-order valence-corrected chi connectivity index (χ1v) is 11.0. The molecule has 0 aromatic heterocycles. The van der Waals surface area contributed by atoms with Gasteiger partial charge in [-0.05, 0) is 36.1 Å². The van der Waals surface area contributed by atoms with E-state index in [1.807, 2.05) is 31.2 Å². The molecule has 0 N–H and O–H groups in total. The Morgan fingerprint density at radius 1 is 0.880 bits per heavy atom. The van der Waals surface area contributed by atoms with Gasteiger partial charge in [0.15, 0.2) is 0 Å². The summed E-state index contributed by atoms with van der Waals surface area (Å²) in [5, 5.41) is 2.32. The van der Waals surface area contributed by atoms with E-state index in [2.05, 4.69) is 62.4 Å². The van der Waals surface area contributed by atoms with Crippen molar-refractivity contribution < 1.29 is 8.85 Å². The molecule has 2 nitrogen and oxygen atoms in total. The Hall–Kier alpha value is -1.68. The van der Waals surface area contributed by atoms with Gasteiger partial charge in [-0.3, -0.25) is 0 Å². The molecule has 0 bridgehead atoms. The summed E-state index contributed by atoms with van der Waals surface area (Å²) >= 11 is 0. The summed E-state index contributed by atoms with van der Waals surface area (Å²) in [7, 11) is -2.71. The van der Waals surface area contributed by atoms with Gasteiger partial charge in [0.25, 0.3) is 0 Å². The standard InChI is InChI=1S/C22H30O2Si/c1-4-5-18-23-25(21-14-8-6-9-15-21,22-16-10-7-11-17-22)24-19-12-13-20(2)3/h4-11,14-17,20H,12-13,18-19H2,1-3H3/b5-4+. The summed E-state index contributed by atoms with van der Waals surface area (Å²) in [6, 6.07) is 20.9. The molecule has 0 unspecified atom stereocenters. The molecular formula is C22H30O2Si. The van der Waals surface area contributed by atoms with Crippen LogP contribution in [0.15, 0.2) is 72.8 Å². The third-order valence-electron chi connectivity index (χ3n) is 4.16. The van der Waals surface area contributed by atoms with Crippen LogP contribution in [0.5, 0.6) is 0 Å². The molecule has 0 saturated heterocycles. The van der Waals surface area contributed by atoms with Crippen LogP contribution in [-0.2, 0) is 8.85 Å². The maximum Gasteiger partial charge on any atom is 0.407 e. The highest BCUT2D eigenvalue weighted by Gasteiger charge is 2.42. The van der Waals surface area contributed by atoms with Crippen molar-refractivity contribution in [2.75, 3.05) is 13.2 Å². The molecule has 134 valence electrons. The van der Waals surface area contributed by atoms with Crippen LogP contribution in [0.3, 0.4) is 0 Å². The number of allylic oxidation sites excluding steroid dienone is 1. The second-order valence-corrected chi connectivity index (χ2v) is 9.58. The summed E-state index contributed by atoms with van der Waals surface area (Å²) in [5.41, 5.74) is 0. The third kappa shape index (κ3) is 5.67. The first-order chi connectivity index (χ1) is 12.2. The van der Waals surface area contributed by atoms with Crippen molar-refractivity contribution in [1.29, 1.82) is 0 Å². The van der Waals surface area contributed by atoms with Crippen LogP contribution in [0, 0.1) is 5.92 Å². The van der Waals surface area contributed by atoms with E-state index >= 15 is 0 Å². The normalized spacial score (nSPS) is 12.2. The first kappa shape index (κ1) is 19.6. The highest BCUT2D eigenvalue weighted by Crippen LogP contribution is 2.13. The first-order valence-electron chi connectivity index (χ1n) is 9.19. The van der Waals surface area contributed by atoms with Crippen LogP contribution in [0.2, 0.25) is 0 Å². The predicted molar refractivity (Wildman–Crippen MR) is 109 cm³/mol. The van der Waals surface area contributed by atoms with Crippen molar-refractivity contribution in [3.8, 4) is 0 Å². The van der Waals surface area contributed by atoms with Gasteiger partial charge >= 0.3 is 8.56 Å². The Balaban J connectivity index is 2.34. The van der Waals surface area contributed by atoms with Crippen LogP contribution < -0.4 is 10.4 Å². The topological polar surface area (TPSA) is 18.5 Å². The molecule has 0 radical (unpaired) electrons. The summed E-state index contributed by atoms with van der Waals surface area (Å²) in [6.07, 6.45) is 6.29. The minimum absolute atomic E-state index is 0.566. The number of benzene rings is 2. The van der Waals surface area contributed by atoms with E-state index in [9.17, 15) is 0 Å². The van der Waals surface area contributed by atoms with Crippen molar-refractivity contribution in [2.45, 2.75) is 33.6 Å². The van der Waals surface area contributed by atoms with E-state index in [1.54, 1.807) is 0 Å². The van der Waals surface area contributed by atoms with Gasteiger partial charge in [-0.1, -0.05) is 86.7 Å². The highest BCUT2D eigenvalue weighted by atomic mass is 28.4. The number of rotatable bonds is 10. The monoisotopic (exact) mass is 354 g/mol. The molecule has 0 aliphatic rings. The van der Waals surface area contributed by atoms with E-state index in [-0.39, 0.29) is 0 Å². The minimum atomic E-state index is -2.71. The molecular weight excluding hydrogens is 324 g/mol. The van der Waals surface area contributed by atoms with Gasteiger partial charge in [0.2, 0.25) is 0 Å². The summed E-state index contributed by atoms with van der Waals surface area (Å²) in [5.74, 6) is 0.692. The second kappa shape index (κ2) is 10.3. The average molecular weight is 355 g/mol. The smallest absolute Gasteiger partial charge is 0.388 e. The van der Waals surface area contributed by atoms with E-state index in [0.29, 0.717) is 12.5 Å². The van der Waals surface area contributed by atoms with Gasteiger partial charge in [-0.2, -0.15) is 0 Å². The lowest BCUT2D eigenvalue weighted by Gasteiger charge is -2.31. The molecule has 0 saturated carbocycles. The largest absolute Gasteiger partial charge is 0.407 e. The molecule has 2 aromatic carbocycles. The molecule has 0 spiro atoms. The molecule has 2 aromatic rings. The molecule has 2 rings (SSSR count). The Kier molecular flexibility index (Phi) is 8.12. The second-order valence-electron chi connectivity index (χ2n) is 6.61. The van der Waals surface area contributed by atoms with Crippen LogP contribution >= 0.6 is 0 Å². The van der Waals surface area contributed by atoms with Gasteiger partial charge in [0, 0.05) is 6.61 Å². The van der Waals surface area contributed by atoms with Crippen molar-refractivity contribution in [1.82, 2.24) is 0 Å². The van der Waals surface area contributed by atoms with Crippen LogP contribution in [0.1, 0.15) is 33.6 Å². The van der Waals surface area contributed by atoms with Crippen LogP contribution in [0.4, 0.5) is 0 Å². The number of hydrogen-bond acceptors (Lipinski definition) is 2. The molecule has 0 amide bonds. The maximum atomic E-state index is 6.58. The fourth-order valence-corrected chi connectivity index (χ4v) is 5.93. The van der Waals surface area contributed by atoms with Crippen LogP contribution in [-0.4, -0.2) is 21.8 Å². The summed E-state index contributed by atoms with van der Waals surface area (Å²) in [4.78, 5) is 0. The fraction of sp³-hybridized carbons (Fsp3) is 0.364. The lowest BCUT2D eigenvalue weighted by molar-refractivity contribution is 0.201. The Morgan fingerprint density at radius 3 is 1.92 bits per heavy atom. The van der Waals surface area contributed by atoms with Gasteiger partial charge < -0.3 is 8.85 Å². The van der Waals surface area contributed by atoms with E-state index < -0.39 is 8.56 Å². The SMILES string of the molecule is C/C=C/CO[Si](OCCCC(C)C)(c1ccccc1)c1ccccc1. The van der Waals surface area contributed by atoms with Gasteiger partial charge in [-0.25, -0.2) is 0 Å². The van der Waals surface area contributed by atoms with E-state index in [1.165, 1.54) is 6.42 Å². The third-order valence-corrected chi connectivity index (χ3v) is 7.53. The summed E-state index contributed by atoms with van der Waals surface area (Å²) < 4.78 is 13.1. The van der Waals surface area contributed by atoms with Crippen LogP contribution in [0.25, 0.3) is 0 Å². The zero-order chi connectivity index (χ0) is 18.0. The fourth-order valence-electron chi connectivity index (χ4n) is 2.83. The molecule has 0 heterocycles. The Bertz CT molecular complexity index is 583. The molecule has 25 heavy (non-hydrogen) atoms. The lowest BCUT2D eigenvalue weighted by atomic mass is 10.1. The van der Waals surface area contributed by atoms with Gasteiger partial charge in [0.1, 0.15) is 0 Å². The summed E-state index contributed by atoms with van der Waals surface area (Å²) in [6.45, 7) is 7.81. The maximum absolute atomic E-state index is 6.58. The van der Waals surface area contributed by atoms with Crippen molar-refractivity contribution in [3.63, 3.8) is 0 Å². The number of hydrogen-bond donors (Lipinski definition) is 0. The quantitative estimate of drug-likeness (QED) is 0.360. The van der Waals surface area contributed by atoms with Crippen molar-refractivity contribution in [2.24, 2.45) is 5.92 Å². The molecule has 0 aliphatic carbocycles. The highest BCUT2D eigenvalue weighted by molar-refractivity contribution is 6.92. The van der Waals surface area contributed by atoms with E-state index in [0.717, 1.165) is 23.4 Å². The molecule has 0 fully saturated rings. The van der Waals surface area contributed by atoms with Crippen molar-refractivity contribution >= 4 is 18.9 Å². The lowest BCUT2D eigenvalue weighted by Crippen LogP contribution is -2.63. The van der Waals surface area contributed by atoms with Gasteiger partial charge in [0.05, 0.1) is 6.61 Å².